The van der Waals surface area contributed by atoms with E-state index in [2.05, 4.69) is 10.5 Å². The first kappa shape index (κ1) is 33.6. The average molecular weight is 689 g/mol. The summed E-state index contributed by atoms with van der Waals surface area (Å²) < 4.78 is 41.5. The van der Waals surface area contributed by atoms with Crippen molar-refractivity contribution in [3.05, 3.63) is 66.1 Å². The summed E-state index contributed by atoms with van der Waals surface area (Å²) in [5, 5.41) is 19.3. The molecule has 3 aliphatic rings. The standard InChI is InChI=1S/C37H38F2N4O7/c1-21-15-29(42-50-21)32(45)40-28-13-3-2-8-14-37(38,39)18-22-17-36(22,35(47)48)19-31(44)30-16-23(20-43(30)34(28)46)49-33-26-11-5-4-9-24(26)25-10-6-7-12-27(25)41-33/h4-7,9-12,15,22-23,28,30H,2-3,8,13-14,16-20H2,1H3,(H,40,45)(H,47,48)/t22-,23+,28-,30-,36+/m0/s1. The van der Waals surface area contributed by atoms with Gasteiger partial charge in [0.15, 0.2) is 11.5 Å². The molecule has 2 aliphatic heterocycles. The number of fused-ring (bicyclic) bond motifs is 5. The van der Waals surface area contributed by atoms with Crippen LogP contribution in [-0.2, 0) is 14.4 Å². The summed E-state index contributed by atoms with van der Waals surface area (Å²) in [4.78, 5) is 60.3. The minimum absolute atomic E-state index is 0.0291. The summed E-state index contributed by atoms with van der Waals surface area (Å²) in [5.41, 5.74) is -0.950. The average Bonchev–Trinajstić information content (AvgIpc) is 3.37. The van der Waals surface area contributed by atoms with E-state index in [1.165, 1.54) is 11.0 Å². The number of pyridine rings is 1. The molecule has 2 aromatic carbocycles. The van der Waals surface area contributed by atoms with Gasteiger partial charge in [-0.15, -0.1) is 0 Å². The Labute approximate surface area is 286 Å². The van der Waals surface area contributed by atoms with E-state index in [-0.39, 0.29) is 37.9 Å². The lowest BCUT2D eigenvalue weighted by atomic mass is 9.90. The number of alkyl halides is 2. The predicted octanol–water partition coefficient (Wildman–Crippen LogP) is 5.87. The second kappa shape index (κ2) is 13.1. The van der Waals surface area contributed by atoms with Gasteiger partial charge >= 0.3 is 5.97 Å². The number of carbonyl (C=O) groups excluding carboxylic acids is 3. The van der Waals surface area contributed by atoms with E-state index >= 15 is 8.78 Å². The number of benzene rings is 2. The second-order valence-corrected chi connectivity index (χ2v) is 14.0. The van der Waals surface area contributed by atoms with Crippen LogP contribution >= 0.6 is 0 Å². The monoisotopic (exact) mass is 688 g/mol. The lowest BCUT2D eigenvalue weighted by molar-refractivity contribution is -0.148. The number of carboxylic acid groups (broad SMARTS) is 1. The Morgan fingerprint density at radius 1 is 1.02 bits per heavy atom. The summed E-state index contributed by atoms with van der Waals surface area (Å²) in [7, 11) is 0. The lowest BCUT2D eigenvalue weighted by Crippen LogP contribution is -2.52. The maximum Gasteiger partial charge on any atom is 0.310 e. The smallest absolute Gasteiger partial charge is 0.310 e. The van der Waals surface area contributed by atoms with Crippen molar-refractivity contribution in [2.45, 2.75) is 88.8 Å². The van der Waals surface area contributed by atoms with Gasteiger partial charge in [-0.3, -0.25) is 19.2 Å². The molecule has 1 saturated carbocycles. The molecule has 2 N–H and O–H groups in total. The Bertz CT molecular complexity index is 1980. The molecule has 50 heavy (non-hydrogen) atoms. The van der Waals surface area contributed by atoms with Gasteiger partial charge in [0.25, 0.3) is 5.91 Å². The van der Waals surface area contributed by atoms with Crippen LogP contribution in [0.1, 0.15) is 74.0 Å². The van der Waals surface area contributed by atoms with Crippen molar-refractivity contribution in [1.82, 2.24) is 20.4 Å². The summed E-state index contributed by atoms with van der Waals surface area (Å²) in [5.74, 6) is -6.26. The summed E-state index contributed by atoms with van der Waals surface area (Å²) >= 11 is 0. The second-order valence-electron chi connectivity index (χ2n) is 14.0. The van der Waals surface area contributed by atoms with Crippen LogP contribution in [0.3, 0.4) is 0 Å². The quantitative estimate of drug-likeness (QED) is 0.245. The molecule has 13 heteroatoms. The van der Waals surface area contributed by atoms with Crippen molar-refractivity contribution in [2.24, 2.45) is 11.3 Å². The molecule has 11 nitrogen and oxygen atoms in total. The SMILES string of the molecule is Cc1cc(C(=O)N[C@H]2CCCCCC(F)(F)C[C@@H]3C[C@@]3(C(=O)O)CC(=O)[C@@H]3C[C@@H](Oc4nc5ccccc5c5ccccc45)CN3C2=O)no1. The van der Waals surface area contributed by atoms with Gasteiger partial charge in [-0.05, 0) is 49.6 Å². The fourth-order valence-electron chi connectivity index (χ4n) is 7.72. The van der Waals surface area contributed by atoms with Gasteiger partial charge in [0, 0.05) is 42.5 Å². The molecule has 2 saturated heterocycles. The third-order valence-electron chi connectivity index (χ3n) is 10.5. The van der Waals surface area contributed by atoms with E-state index in [1.807, 2.05) is 48.5 Å². The molecule has 2 amide bonds. The molecule has 5 atom stereocenters. The topological polar surface area (TPSA) is 152 Å². The number of carbonyl (C=O) groups is 4. The Morgan fingerprint density at radius 3 is 2.50 bits per heavy atom. The van der Waals surface area contributed by atoms with Crippen molar-refractivity contribution < 1.29 is 42.3 Å². The highest BCUT2D eigenvalue weighted by Crippen LogP contribution is 2.60. The van der Waals surface area contributed by atoms with Crippen molar-refractivity contribution in [3.63, 3.8) is 0 Å². The molecule has 4 heterocycles. The van der Waals surface area contributed by atoms with Crippen LogP contribution in [-0.4, -0.2) is 74.4 Å². The van der Waals surface area contributed by atoms with Gasteiger partial charge in [-0.1, -0.05) is 54.4 Å². The molecular formula is C37H38F2N4O7. The maximum absolute atomic E-state index is 15.0. The van der Waals surface area contributed by atoms with Crippen LogP contribution in [0.2, 0.25) is 0 Å². The third-order valence-corrected chi connectivity index (χ3v) is 10.5. The number of aromatic nitrogens is 2. The number of aliphatic carboxylic acids is 1. The molecule has 1 aliphatic carbocycles. The third kappa shape index (κ3) is 6.52. The fourth-order valence-corrected chi connectivity index (χ4v) is 7.72. The fraction of sp³-hybridized carbons (Fsp3) is 0.459. The number of halogens is 2. The summed E-state index contributed by atoms with van der Waals surface area (Å²) in [6.07, 6.45) is -1.23. The lowest BCUT2D eigenvalue weighted by Gasteiger charge is -2.29. The number of Topliss-reactive ketones (excluding diaryl/α,β-unsaturated/α-hetero) is 1. The number of nitrogens with zero attached hydrogens (tertiary/aromatic N) is 3. The molecule has 3 fully saturated rings. The zero-order valence-electron chi connectivity index (χ0n) is 27.6. The van der Waals surface area contributed by atoms with Gasteiger partial charge in [0.05, 0.1) is 23.5 Å². The van der Waals surface area contributed by atoms with Crippen LogP contribution in [0, 0.1) is 18.3 Å². The van der Waals surface area contributed by atoms with E-state index in [0.717, 1.165) is 16.2 Å². The van der Waals surface area contributed by atoms with Gasteiger partial charge in [0.1, 0.15) is 17.9 Å². The van der Waals surface area contributed by atoms with Crippen LogP contribution in [0.25, 0.3) is 21.7 Å². The van der Waals surface area contributed by atoms with Crippen LogP contribution in [0.5, 0.6) is 5.88 Å². The maximum atomic E-state index is 15.0. The number of carboxylic acids is 1. The Morgan fingerprint density at radius 2 is 1.76 bits per heavy atom. The van der Waals surface area contributed by atoms with Gasteiger partial charge in [0.2, 0.25) is 17.7 Å². The number of nitrogens with one attached hydrogen (secondary N) is 1. The highest BCUT2D eigenvalue weighted by Gasteiger charge is 2.64. The van der Waals surface area contributed by atoms with Crippen LogP contribution in [0.15, 0.2) is 59.1 Å². The Balaban J connectivity index is 1.22. The zero-order chi connectivity index (χ0) is 35.2. The van der Waals surface area contributed by atoms with Gasteiger partial charge in [-0.25, -0.2) is 13.8 Å². The molecule has 0 spiro atoms. The van der Waals surface area contributed by atoms with E-state index in [0.29, 0.717) is 30.0 Å². The van der Waals surface area contributed by atoms with Gasteiger partial charge < -0.3 is 24.6 Å². The minimum Gasteiger partial charge on any atom is -0.481 e. The Hall–Kier alpha value is -4.94. The number of rotatable bonds is 5. The molecule has 0 unspecified atom stereocenters. The van der Waals surface area contributed by atoms with E-state index < -0.39 is 78.3 Å². The highest BCUT2D eigenvalue weighted by molar-refractivity contribution is 6.07. The number of hydrogen-bond donors (Lipinski definition) is 2. The Kier molecular flexibility index (Phi) is 8.77. The van der Waals surface area contributed by atoms with Crippen molar-refractivity contribution in [1.29, 1.82) is 0 Å². The van der Waals surface area contributed by atoms with E-state index in [1.54, 1.807) is 6.92 Å². The van der Waals surface area contributed by atoms with Crippen molar-refractivity contribution in [2.75, 3.05) is 6.54 Å². The molecule has 262 valence electrons. The molecular weight excluding hydrogens is 650 g/mol. The summed E-state index contributed by atoms with van der Waals surface area (Å²) in [6.45, 7) is 1.59. The van der Waals surface area contributed by atoms with Crippen LogP contribution in [0.4, 0.5) is 8.78 Å². The van der Waals surface area contributed by atoms with Crippen LogP contribution < -0.4 is 10.1 Å². The van der Waals surface area contributed by atoms with Gasteiger partial charge in [-0.2, -0.15) is 0 Å². The van der Waals surface area contributed by atoms with E-state index in [9.17, 15) is 24.3 Å². The summed E-state index contributed by atoms with van der Waals surface area (Å²) in [6, 6.07) is 14.5. The normalized spacial score (nSPS) is 27.2. The molecule has 0 radical (unpaired) electrons. The number of ether oxygens (including phenoxy) is 1. The molecule has 0 bridgehead atoms. The minimum atomic E-state index is -3.09. The first-order valence-corrected chi connectivity index (χ1v) is 17.1. The number of ketones is 1. The van der Waals surface area contributed by atoms with Crippen molar-refractivity contribution >= 4 is 45.2 Å². The number of para-hydroxylation sites is 1. The number of hydrogen-bond acceptors (Lipinski definition) is 8. The predicted molar refractivity (Wildman–Crippen MR) is 177 cm³/mol. The highest BCUT2D eigenvalue weighted by atomic mass is 19.3. The molecule has 2 aromatic heterocycles. The number of aryl methyl sites for hydroxylation is 1. The molecule has 4 aromatic rings. The number of amides is 2. The van der Waals surface area contributed by atoms with E-state index in [4.69, 9.17) is 14.2 Å². The zero-order valence-corrected chi connectivity index (χ0v) is 27.6. The molecule has 7 rings (SSSR count). The van der Waals surface area contributed by atoms with Crippen molar-refractivity contribution in [3.8, 4) is 5.88 Å². The first-order valence-electron chi connectivity index (χ1n) is 17.1. The first-order chi connectivity index (χ1) is 23.9. The largest absolute Gasteiger partial charge is 0.481 e.